The van der Waals surface area contributed by atoms with Crippen molar-refractivity contribution in [3.63, 3.8) is 0 Å². The van der Waals surface area contributed by atoms with Gasteiger partial charge in [0, 0.05) is 16.1 Å². The van der Waals surface area contributed by atoms with Crippen LogP contribution < -0.4 is 5.32 Å². The molecule has 1 atom stereocenters. The van der Waals surface area contributed by atoms with Crippen molar-refractivity contribution in [1.82, 2.24) is 10.2 Å². The SMILES string of the molecule is CCN1CCC(C(C)NC(C)(C)c2ccc(Br)cc2)CC1. The van der Waals surface area contributed by atoms with E-state index in [-0.39, 0.29) is 5.54 Å². The third-order valence-corrected chi connectivity index (χ3v) is 5.47. The van der Waals surface area contributed by atoms with Gasteiger partial charge in [0.05, 0.1) is 0 Å². The lowest BCUT2D eigenvalue weighted by molar-refractivity contribution is 0.155. The summed E-state index contributed by atoms with van der Waals surface area (Å²) >= 11 is 3.51. The van der Waals surface area contributed by atoms with Gasteiger partial charge in [-0.25, -0.2) is 0 Å². The molecule has 3 heteroatoms. The maximum Gasteiger partial charge on any atom is 0.0379 e. The molecule has 1 aliphatic rings. The number of piperidine rings is 1. The molecule has 0 radical (unpaired) electrons. The number of nitrogens with zero attached hydrogens (tertiary/aromatic N) is 1. The molecule has 2 nitrogen and oxygen atoms in total. The van der Waals surface area contributed by atoms with Gasteiger partial charge in [-0.2, -0.15) is 0 Å². The van der Waals surface area contributed by atoms with Crippen molar-refractivity contribution in [2.75, 3.05) is 19.6 Å². The fraction of sp³-hybridized carbons (Fsp3) is 0.667. The summed E-state index contributed by atoms with van der Waals surface area (Å²) in [6.07, 6.45) is 2.64. The van der Waals surface area contributed by atoms with E-state index in [1.165, 1.54) is 38.0 Å². The molecule has 1 aliphatic heterocycles. The van der Waals surface area contributed by atoms with Crippen molar-refractivity contribution >= 4 is 15.9 Å². The Morgan fingerprint density at radius 2 is 1.81 bits per heavy atom. The Morgan fingerprint density at radius 3 is 2.33 bits per heavy atom. The van der Waals surface area contributed by atoms with Crippen LogP contribution in [0.25, 0.3) is 0 Å². The minimum absolute atomic E-state index is 0.0159. The number of hydrogen-bond acceptors (Lipinski definition) is 2. The molecule has 1 N–H and O–H groups in total. The normalized spacial score (nSPS) is 19.7. The second-order valence-corrected chi connectivity index (χ2v) is 7.75. The highest BCUT2D eigenvalue weighted by Gasteiger charge is 2.28. The fourth-order valence-corrected chi connectivity index (χ4v) is 3.67. The lowest BCUT2D eigenvalue weighted by Gasteiger charge is -2.39. The lowest BCUT2D eigenvalue weighted by atomic mass is 9.86. The van der Waals surface area contributed by atoms with Crippen LogP contribution in [0.5, 0.6) is 0 Å². The van der Waals surface area contributed by atoms with Crippen LogP contribution in [0.3, 0.4) is 0 Å². The first-order valence-corrected chi connectivity index (χ1v) is 8.97. The summed E-state index contributed by atoms with van der Waals surface area (Å²) in [6, 6.07) is 9.24. The van der Waals surface area contributed by atoms with Crippen molar-refractivity contribution in [3.8, 4) is 0 Å². The summed E-state index contributed by atoms with van der Waals surface area (Å²) < 4.78 is 1.14. The number of likely N-dealkylation sites (tertiary alicyclic amines) is 1. The highest BCUT2D eigenvalue weighted by molar-refractivity contribution is 9.10. The Kier molecular flexibility index (Phi) is 5.87. The molecule has 118 valence electrons. The van der Waals surface area contributed by atoms with Crippen LogP contribution in [0.2, 0.25) is 0 Å². The minimum atomic E-state index is 0.0159. The van der Waals surface area contributed by atoms with Crippen LogP contribution in [0.4, 0.5) is 0 Å². The maximum absolute atomic E-state index is 3.86. The van der Waals surface area contributed by atoms with Crippen LogP contribution in [0.15, 0.2) is 28.7 Å². The van der Waals surface area contributed by atoms with E-state index >= 15 is 0 Å². The van der Waals surface area contributed by atoms with E-state index in [4.69, 9.17) is 0 Å². The molecule has 1 aromatic carbocycles. The zero-order chi connectivity index (χ0) is 15.5. The average molecular weight is 353 g/mol. The second-order valence-electron chi connectivity index (χ2n) is 6.84. The predicted molar refractivity (Wildman–Crippen MR) is 94.6 cm³/mol. The number of hydrogen-bond donors (Lipinski definition) is 1. The van der Waals surface area contributed by atoms with Gasteiger partial charge in [0.15, 0.2) is 0 Å². The smallest absolute Gasteiger partial charge is 0.0379 e. The van der Waals surface area contributed by atoms with Crippen molar-refractivity contribution in [2.45, 2.75) is 52.1 Å². The summed E-state index contributed by atoms with van der Waals surface area (Å²) in [4.78, 5) is 2.56. The number of halogens is 1. The molecule has 0 aliphatic carbocycles. The number of nitrogens with one attached hydrogen (secondary N) is 1. The van der Waals surface area contributed by atoms with Gasteiger partial charge in [0.25, 0.3) is 0 Å². The zero-order valence-corrected chi connectivity index (χ0v) is 15.4. The summed E-state index contributed by atoms with van der Waals surface area (Å²) in [5.41, 5.74) is 1.37. The molecule has 21 heavy (non-hydrogen) atoms. The van der Waals surface area contributed by atoms with Gasteiger partial charge in [-0.15, -0.1) is 0 Å². The van der Waals surface area contributed by atoms with E-state index in [0.29, 0.717) is 6.04 Å². The molecule has 0 aromatic heterocycles. The Bertz CT molecular complexity index is 433. The first kappa shape index (κ1) is 17.0. The molecule has 1 saturated heterocycles. The largest absolute Gasteiger partial charge is 0.305 e. The van der Waals surface area contributed by atoms with E-state index in [1.54, 1.807) is 0 Å². The Balaban J connectivity index is 1.95. The van der Waals surface area contributed by atoms with Crippen molar-refractivity contribution in [1.29, 1.82) is 0 Å². The summed E-state index contributed by atoms with van der Waals surface area (Å²) in [7, 11) is 0. The predicted octanol–water partition coefficient (Wildman–Crippen LogP) is 4.39. The number of benzene rings is 1. The Hall–Kier alpha value is -0.380. The summed E-state index contributed by atoms with van der Waals surface area (Å²) in [5.74, 6) is 0.794. The van der Waals surface area contributed by atoms with E-state index in [9.17, 15) is 0 Å². The molecule has 0 saturated carbocycles. The summed E-state index contributed by atoms with van der Waals surface area (Å²) in [6.45, 7) is 12.9. The third-order valence-electron chi connectivity index (χ3n) is 4.94. The van der Waals surface area contributed by atoms with Crippen molar-refractivity contribution in [2.24, 2.45) is 5.92 Å². The quantitative estimate of drug-likeness (QED) is 0.844. The van der Waals surface area contributed by atoms with Crippen molar-refractivity contribution in [3.05, 3.63) is 34.3 Å². The highest BCUT2D eigenvalue weighted by Crippen LogP contribution is 2.27. The lowest BCUT2D eigenvalue weighted by Crippen LogP contribution is -2.48. The molecule has 0 bridgehead atoms. The number of rotatable bonds is 5. The van der Waals surface area contributed by atoms with Crippen LogP contribution >= 0.6 is 15.9 Å². The van der Waals surface area contributed by atoms with Gasteiger partial charge in [-0.05, 0) is 76.9 Å². The van der Waals surface area contributed by atoms with Crippen LogP contribution in [-0.2, 0) is 5.54 Å². The van der Waals surface area contributed by atoms with Gasteiger partial charge in [0.2, 0.25) is 0 Å². The molecule has 0 amide bonds. The highest BCUT2D eigenvalue weighted by atomic mass is 79.9. The molecule has 1 heterocycles. The maximum atomic E-state index is 3.86. The molecule has 1 fully saturated rings. The second kappa shape index (κ2) is 7.26. The van der Waals surface area contributed by atoms with Gasteiger partial charge >= 0.3 is 0 Å². The van der Waals surface area contributed by atoms with Crippen LogP contribution in [0.1, 0.15) is 46.1 Å². The molecule has 1 unspecified atom stereocenters. The molecular formula is C18H29BrN2. The molecule has 0 spiro atoms. The van der Waals surface area contributed by atoms with E-state index in [1.807, 2.05) is 0 Å². The first-order chi connectivity index (χ1) is 9.92. The van der Waals surface area contributed by atoms with Gasteiger partial charge in [-0.1, -0.05) is 35.0 Å². The van der Waals surface area contributed by atoms with E-state index < -0.39 is 0 Å². The van der Waals surface area contributed by atoms with Crippen LogP contribution in [-0.4, -0.2) is 30.6 Å². The molecule has 1 aromatic rings. The van der Waals surface area contributed by atoms with Gasteiger partial charge in [0.1, 0.15) is 0 Å². The fourth-order valence-electron chi connectivity index (χ4n) is 3.41. The monoisotopic (exact) mass is 352 g/mol. The van der Waals surface area contributed by atoms with Gasteiger partial charge in [-0.3, -0.25) is 0 Å². The Morgan fingerprint density at radius 1 is 1.24 bits per heavy atom. The third kappa shape index (κ3) is 4.54. The zero-order valence-electron chi connectivity index (χ0n) is 13.8. The molecular weight excluding hydrogens is 324 g/mol. The van der Waals surface area contributed by atoms with Gasteiger partial charge < -0.3 is 10.2 Å². The van der Waals surface area contributed by atoms with E-state index in [0.717, 1.165) is 10.4 Å². The standard InChI is InChI=1S/C18H29BrN2/c1-5-21-12-10-15(11-13-21)14(2)20-18(3,4)16-6-8-17(19)9-7-16/h6-9,14-15,20H,5,10-13H2,1-4H3. The average Bonchev–Trinajstić information content (AvgIpc) is 2.47. The van der Waals surface area contributed by atoms with Crippen LogP contribution in [0, 0.1) is 5.92 Å². The van der Waals surface area contributed by atoms with Crippen molar-refractivity contribution < 1.29 is 0 Å². The Labute approximate surface area is 138 Å². The topological polar surface area (TPSA) is 15.3 Å². The first-order valence-electron chi connectivity index (χ1n) is 8.18. The van der Waals surface area contributed by atoms with E-state index in [2.05, 4.69) is 78.1 Å². The molecule has 2 rings (SSSR count). The summed E-state index contributed by atoms with van der Waals surface area (Å²) in [5, 5.41) is 3.86. The minimum Gasteiger partial charge on any atom is -0.305 e.